The number of thioether (sulfide) groups is 1. The van der Waals surface area contributed by atoms with Crippen molar-refractivity contribution in [3.63, 3.8) is 0 Å². The third-order valence-corrected chi connectivity index (χ3v) is 10.3. The van der Waals surface area contributed by atoms with Crippen molar-refractivity contribution < 1.29 is 24.2 Å². The average Bonchev–Trinajstić information content (AvgIpc) is 3.63. The summed E-state index contributed by atoms with van der Waals surface area (Å²) in [5.74, 6) is -2.10. The fourth-order valence-corrected chi connectivity index (χ4v) is 9.00. The van der Waals surface area contributed by atoms with Crippen LogP contribution in [0.4, 0.5) is 0 Å². The van der Waals surface area contributed by atoms with Crippen molar-refractivity contribution in [2.24, 2.45) is 11.8 Å². The first kappa shape index (κ1) is 27.4. The number of hydrogen-bond acceptors (Lipinski definition) is 8. The number of aromatic nitrogens is 3. The second kappa shape index (κ2) is 10.8. The van der Waals surface area contributed by atoms with Gasteiger partial charge in [-0.3, -0.25) is 14.4 Å². The molecular formula is C28H35N5O5S. The van der Waals surface area contributed by atoms with Gasteiger partial charge in [0, 0.05) is 24.4 Å². The molecule has 2 unspecified atom stereocenters. The minimum Gasteiger partial charge on any atom is -0.461 e. The summed E-state index contributed by atoms with van der Waals surface area (Å²) >= 11 is 1.60. The quantitative estimate of drug-likeness (QED) is 0.242. The van der Waals surface area contributed by atoms with Gasteiger partial charge in [-0.25, -0.2) is 4.68 Å². The molecule has 1 aromatic carbocycles. The van der Waals surface area contributed by atoms with E-state index in [-0.39, 0.29) is 38.2 Å². The van der Waals surface area contributed by atoms with Crippen molar-refractivity contribution in [1.82, 2.24) is 24.8 Å². The van der Waals surface area contributed by atoms with Crippen LogP contribution in [0.15, 0.2) is 49.6 Å². The van der Waals surface area contributed by atoms with Crippen molar-refractivity contribution in [3.05, 3.63) is 49.6 Å². The van der Waals surface area contributed by atoms with E-state index >= 15 is 0 Å². The van der Waals surface area contributed by atoms with Gasteiger partial charge in [-0.2, -0.15) is 0 Å². The maximum atomic E-state index is 14.5. The van der Waals surface area contributed by atoms with Crippen LogP contribution in [0.5, 0.6) is 0 Å². The number of carbonyl (C=O) groups excluding carboxylic acids is 3. The molecule has 3 aliphatic rings. The Bertz CT molecular complexity index is 1300. The van der Waals surface area contributed by atoms with E-state index in [1.54, 1.807) is 32.3 Å². The number of hydrogen-bond donors (Lipinski definition) is 1. The Morgan fingerprint density at radius 3 is 2.79 bits per heavy atom. The minimum atomic E-state index is -0.757. The lowest BCUT2D eigenvalue weighted by molar-refractivity contribution is -0.154. The lowest BCUT2D eigenvalue weighted by Crippen LogP contribution is -2.55. The number of ether oxygens (including phenoxy) is 1. The van der Waals surface area contributed by atoms with Crippen LogP contribution in [0.3, 0.4) is 0 Å². The summed E-state index contributed by atoms with van der Waals surface area (Å²) in [6.45, 7) is 10.3. The Morgan fingerprint density at radius 2 is 2.05 bits per heavy atom. The van der Waals surface area contributed by atoms with E-state index in [0.717, 1.165) is 11.0 Å². The molecular weight excluding hydrogens is 518 g/mol. The van der Waals surface area contributed by atoms with Gasteiger partial charge in [0.05, 0.1) is 22.1 Å². The van der Waals surface area contributed by atoms with E-state index < -0.39 is 33.3 Å². The van der Waals surface area contributed by atoms with Crippen LogP contribution >= 0.6 is 11.8 Å². The summed E-state index contributed by atoms with van der Waals surface area (Å²) in [5, 5.41) is 17.9. The van der Waals surface area contributed by atoms with Crippen LogP contribution < -0.4 is 0 Å². The van der Waals surface area contributed by atoms with Gasteiger partial charge in [0.15, 0.2) is 0 Å². The number of fused-ring (bicyclic) bond motifs is 2. The second-order valence-corrected chi connectivity index (χ2v) is 12.6. The third kappa shape index (κ3) is 4.45. The molecule has 0 radical (unpaired) electrons. The number of benzene rings is 1. The summed E-state index contributed by atoms with van der Waals surface area (Å²) in [4.78, 5) is 45.2. The van der Waals surface area contributed by atoms with Crippen LogP contribution in [0.25, 0.3) is 11.0 Å². The Hall–Kier alpha value is -3.18. The lowest BCUT2D eigenvalue weighted by Gasteiger charge is -2.37. The van der Waals surface area contributed by atoms with Gasteiger partial charge in [0.2, 0.25) is 11.8 Å². The van der Waals surface area contributed by atoms with Crippen molar-refractivity contribution in [1.29, 1.82) is 0 Å². The first-order valence-electron chi connectivity index (χ1n) is 13.4. The number of esters is 1. The van der Waals surface area contributed by atoms with Crippen LogP contribution in [0.2, 0.25) is 0 Å². The molecule has 2 bridgehead atoms. The van der Waals surface area contributed by atoms with E-state index in [4.69, 9.17) is 4.74 Å². The predicted octanol–water partition coefficient (Wildman–Crippen LogP) is 2.39. The molecule has 3 aliphatic heterocycles. The molecule has 3 fully saturated rings. The number of nitrogens with zero attached hydrogens (tertiary/aromatic N) is 5. The highest BCUT2D eigenvalue weighted by Gasteiger charge is 2.77. The molecule has 4 heterocycles. The summed E-state index contributed by atoms with van der Waals surface area (Å²) in [5.41, 5.74) is 1.52. The number of para-hydroxylation sites is 1. The van der Waals surface area contributed by atoms with Gasteiger partial charge in [-0.1, -0.05) is 36.1 Å². The molecule has 2 amide bonds. The van der Waals surface area contributed by atoms with Gasteiger partial charge in [-0.05, 0) is 44.7 Å². The number of likely N-dealkylation sites (tertiary alicyclic amines) is 1. The first-order valence-corrected chi connectivity index (χ1v) is 14.2. The number of carbonyl (C=O) groups is 3. The maximum Gasteiger partial charge on any atom is 0.311 e. The fourth-order valence-electron chi connectivity index (χ4n) is 6.66. The SMILES string of the molecule is C=CCOC(=O)[C@H]1[C@H]2C(=O)N(CCCCO)C(C(=O)N(CC=C)Cn3nnc4ccccc43)C23CC[C@]1(C)S3. The molecule has 11 heteroatoms. The molecule has 5 rings (SSSR count). The van der Waals surface area contributed by atoms with Gasteiger partial charge in [-0.15, -0.1) is 23.4 Å². The molecule has 1 N–H and O–H groups in total. The summed E-state index contributed by atoms with van der Waals surface area (Å²) < 4.78 is 5.90. The van der Waals surface area contributed by atoms with E-state index in [2.05, 4.69) is 23.5 Å². The van der Waals surface area contributed by atoms with Gasteiger partial charge >= 0.3 is 5.97 Å². The van der Waals surface area contributed by atoms with Crippen molar-refractivity contribution in [2.45, 2.75) is 54.8 Å². The van der Waals surface area contributed by atoms with Crippen molar-refractivity contribution in [3.8, 4) is 0 Å². The Morgan fingerprint density at radius 1 is 1.26 bits per heavy atom. The van der Waals surface area contributed by atoms with E-state index in [9.17, 15) is 19.5 Å². The first-order chi connectivity index (χ1) is 18.8. The van der Waals surface area contributed by atoms with Crippen LogP contribution in [0.1, 0.15) is 32.6 Å². The zero-order chi connectivity index (χ0) is 27.8. The molecule has 10 nitrogen and oxygen atoms in total. The van der Waals surface area contributed by atoms with E-state index in [1.807, 2.05) is 31.2 Å². The molecule has 1 aromatic heterocycles. The lowest BCUT2D eigenvalue weighted by atomic mass is 9.66. The molecule has 0 aliphatic carbocycles. The number of aliphatic hydroxyl groups is 1. The highest BCUT2D eigenvalue weighted by atomic mass is 32.2. The molecule has 2 aromatic rings. The summed E-state index contributed by atoms with van der Waals surface area (Å²) in [6.07, 6.45) is 5.60. The highest BCUT2D eigenvalue weighted by molar-refractivity contribution is 8.02. The van der Waals surface area contributed by atoms with Gasteiger partial charge in [0.25, 0.3) is 0 Å². The normalized spacial score (nSPS) is 29.0. The second-order valence-electron chi connectivity index (χ2n) is 10.7. The van der Waals surface area contributed by atoms with Gasteiger partial charge < -0.3 is 19.6 Å². The van der Waals surface area contributed by atoms with E-state index in [1.165, 1.54) is 6.08 Å². The molecule has 208 valence electrons. The Kier molecular flexibility index (Phi) is 7.56. The fraction of sp³-hybridized carbons (Fsp3) is 0.536. The molecule has 3 saturated heterocycles. The van der Waals surface area contributed by atoms with E-state index in [0.29, 0.717) is 32.2 Å². The number of aliphatic hydroxyl groups excluding tert-OH is 1. The smallest absolute Gasteiger partial charge is 0.311 e. The monoisotopic (exact) mass is 553 g/mol. The molecule has 0 saturated carbocycles. The van der Waals surface area contributed by atoms with Crippen LogP contribution in [-0.2, 0) is 25.8 Å². The summed E-state index contributed by atoms with van der Waals surface area (Å²) in [7, 11) is 0. The zero-order valence-corrected chi connectivity index (χ0v) is 23.0. The highest BCUT2D eigenvalue weighted by Crippen LogP contribution is 2.71. The third-order valence-electron chi connectivity index (χ3n) is 8.30. The Balaban J connectivity index is 1.52. The molecule has 39 heavy (non-hydrogen) atoms. The number of rotatable bonds is 12. The Labute approximate surface area is 232 Å². The van der Waals surface area contributed by atoms with Gasteiger partial charge in [0.1, 0.15) is 24.8 Å². The topological polar surface area (TPSA) is 118 Å². The standard InChI is InChI=1S/C28H35N5O5S/c1-4-14-31(18-33-20-11-7-6-10-19(20)29-30-33)25(36)23-28-13-12-27(3,39-28)22(26(37)38-17-5-2)21(28)24(35)32(23)15-8-9-16-34/h4-7,10-11,21-23,34H,1-2,8-9,12-18H2,3H3/t21-,22+,23?,27-,28?/m0/s1. The maximum absolute atomic E-state index is 14.5. The van der Waals surface area contributed by atoms with Crippen LogP contribution in [0, 0.1) is 11.8 Å². The van der Waals surface area contributed by atoms with Crippen molar-refractivity contribution >= 4 is 40.6 Å². The number of amides is 2. The van der Waals surface area contributed by atoms with Crippen molar-refractivity contribution in [2.75, 3.05) is 26.3 Å². The number of unbranched alkanes of at least 4 members (excludes halogenated alkanes) is 1. The average molecular weight is 554 g/mol. The predicted molar refractivity (Wildman–Crippen MR) is 147 cm³/mol. The minimum absolute atomic E-state index is 0.000499. The van der Waals surface area contributed by atoms with Crippen LogP contribution in [-0.4, -0.2) is 89.5 Å². The molecule has 5 atom stereocenters. The zero-order valence-electron chi connectivity index (χ0n) is 22.2. The molecule has 1 spiro atoms. The largest absolute Gasteiger partial charge is 0.461 e. The summed E-state index contributed by atoms with van der Waals surface area (Å²) in [6, 6.07) is 6.78.